The highest BCUT2D eigenvalue weighted by atomic mass is 79.9. The zero-order valence-electron chi connectivity index (χ0n) is 13.1. The van der Waals surface area contributed by atoms with Gasteiger partial charge in [-0.05, 0) is 40.6 Å². The van der Waals surface area contributed by atoms with Crippen LogP contribution in [0.4, 0.5) is 0 Å². The predicted octanol–water partition coefficient (Wildman–Crippen LogP) is 5.11. The topological polar surface area (TPSA) is 54.6 Å². The summed E-state index contributed by atoms with van der Waals surface area (Å²) < 4.78 is 6.62. The monoisotopic (exact) mass is 392 g/mol. The molecule has 0 fully saturated rings. The van der Waals surface area contributed by atoms with Gasteiger partial charge in [-0.3, -0.25) is 4.79 Å². The number of nitrogens with zero attached hydrogens (tertiary/aromatic N) is 1. The SMILES string of the molecule is O=C(N/N=C/c1cccc(Br)c1)c1cc2c(ccc3ccccc32)o1. The van der Waals surface area contributed by atoms with Crippen molar-refractivity contribution in [2.24, 2.45) is 5.10 Å². The van der Waals surface area contributed by atoms with Crippen LogP contribution >= 0.6 is 15.9 Å². The highest BCUT2D eigenvalue weighted by Crippen LogP contribution is 2.28. The third-order valence-corrected chi connectivity index (χ3v) is 4.37. The van der Waals surface area contributed by atoms with Crippen LogP contribution in [-0.2, 0) is 0 Å². The van der Waals surface area contributed by atoms with E-state index in [-0.39, 0.29) is 11.7 Å². The third kappa shape index (κ3) is 3.19. The third-order valence-electron chi connectivity index (χ3n) is 3.88. The van der Waals surface area contributed by atoms with E-state index in [0.29, 0.717) is 5.58 Å². The van der Waals surface area contributed by atoms with Crippen molar-refractivity contribution < 1.29 is 9.21 Å². The molecule has 1 N–H and O–H groups in total. The largest absolute Gasteiger partial charge is 0.451 e. The molecule has 122 valence electrons. The lowest BCUT2D eigenvalue weighted by Gasteiger charge is -1.96. The smallest absolute Gasteiger partial charge is 0.307 e. The highest BCUT2D eigenvalue weighted by molar-refractivity contribution is 9.10. The minimum absolute atomic E-state index is 0.234. The Labute approximate surface area is 152 Å². The molecule has 0 saturated carbocycles. The van der Waals surface area contributed by atoms with Crippen molar-refractivity contribution in [1.29, 1.82) is 0 Å². The Hall–Kier alpha value is -2.92. The number of hydrogen-bond acceptors (Lipinski definition) is 3. The lowest BCUT2D eigenvalue weighted by atomic mass is 10.1. The first-order valence-electron chi connectivity index (χ1n) is 7.71. The van der Waals surface area contributed by atoms with Gasteiger partial charge in [0, 0.05) is 9.86 Å². The summed E-state index contributed by atoms with van der Waals surface area (Å²) in [7, 11) is 0. The van der Waals surface area contributed by atoms with Crippen LogP contribution in [0.1, 0.15) is 16.1 Å². The lowest BCUT2D eigenvalue weighted by molar-refractivity contribution is 0.0929. The summed E-state index contributed by atoms with van der Waals surface area (Å²) in [5, 5.41) is 7.06. The Balaban J connectivity index is 1.59. The van der Waals surface area contributed by atoms with E-state index >= 15 is 0 Å². The summed E-state index contributed by atoms with van der Waals surface area (Å²) in [6.45, 7) is 0. The number of hydrogen-bond donors (Lipinski definition) is 1. The maximum atomic E-state index is 12.3. The fourth-order valence-corrected chi connectivity index (χ4v) is 3.13. The van der Waals surface area contributed by atoms with Gasteiger partial charge in [-0.25, -0.2) is 5.43 Å². The zero-order chi connectivity index (χ0) is 17.2. The van der Waals surface area contributed by atoms with Gasteiger partial charge in [0.2, 0.25) is 0 Å². The van der Waals surface area contributed by atoms with E-state index in [4.69, 9.17) is 4.42 Å². The van der Waals surface area contributed by atoms with Gasteiger partial charge in [0.25, 0.3) is 0 Å². The molecule has 4 nitrogen and oxygen atoms in total. The molecule has 1 aromatic heterocycles. The molecule has 0 atom stereocenters. The molecule has 25 heavy (non-hydrogen) atoms. The van der Waals surface area contributed by atoms with E-state index in [2.05, 4.69) is 26.5 Å². The summed E-state index contributed by atoms with van der Waals surface area (Å²) in [6, 6.07) is 21.2. The normalized spacial score (nSPS) is 11.4. The second-order valence-electron chi connectivity index (χ2n) is 5.56. The first-order valence-corrected chi connectivity index (χ1v) is 8.50. The molecule has 4 aromatic rings. The van der Waals surface area contributed by atoms with Gasteiger partial charge in [-0.1, -0.05) is 58.4 Å². The number of carbonyl (C=O) groups is 1. The van der Waals surface area contributed by atoms with Gasteiger partial charge in [0.1, 0.15) is 5.58 Å². The second kappa shape index (κ2) is 6.53. The lowest BCUT2D eigenvalue weighted by Crippen LogP contribution is -2.16. The summed E-state index contributed by atoms with van der Waals surface area (Å²) in [5.41, 5.74) is 4.06. The van der Waals surface area contributed by atoms with E-state index in [9.17, 15) is 4.79 Å². The molecule has 0 unspecified atom stereocenters. The van der Waals surface area contributed by atoms with Gasteiger partial charge in [-0.15, -0.1) is 0 Å². The van der Waals surface area contributed by atoms with Gasteiger partial charge < -0.3 is 4.42 Å². The Kier molecular flexibility index (Phi) is 4.07. The second-order valence-corrected chi connectivity index (χ2v) is 6.48. The average molecular weight is 393 g/mol. The van der Waals surface area contributed by atoms with E-state index in [1.165, 1.54) is 0 Å². The number of halogens is 1. The number of fused-ring (bicyclic) bond motifs is 3. The molecule has 0 saturated heterocycles. The molecule has 0 aliphatic rings. The number of carbonyl (C=O) groups excluding carboxylic acids is 1. The van der Waals surface area contributed by atoms with Crippen LogP contribution in [0.25, 0.3) is 21.7 Å². The van der Waals surface area contributed by atoms with Crippen molar-refractivity contribution in [1.82, 2.24) is 5.43 Å². The van der Waals surface area contributed by atoms with Crippen molar-refractivity contribution in [3.63, 3.8) is 0 Å². The van der Waals surface area contributed by atoms with Crippen molar-refractivity contribution in [3.8, 4) is 0 Å². The van der Waals surface area contributed by atoms with Crippen molar-refractivity contribution >= 4 is 49.8 Å². The zero-order valence-corrected chi connectivity index (χ0v) is 14.7. The Morgan fingerprint density at radius 2 is 1.88 bits per heavy atom. The Morgan fingerprint density at radius 1 is 1.00 bits per heavy atom. The van der Waals surface area contributed by atoms with Crippen LogP contribution in [0.3, 0.4) is 0 Å². The number of benzene rings is 3. The fraction of sp³-hybridized carbons (Fsp3) is 0. The summed E-state index contributed by atoms with van der Waals surface area (Å²) in [6.07, 6.45) is 1.58. The molecular weight excluding hydrogens is 380 g/mol. The molecule has 1 heterocycles. The summed E-state index contributed by atoms with van der Waals surface area (Å²) in [5.74, 6) is -0.149. The molecular formula is C20H13BrN2O2. The Morgan fingerprint density at radius 3 is 2.76 bits per heavy atom. The number of hydrazone groups is 1. The maximum Gasteiger partial charge on any atom is 0.307 e. The van der Waals surface area contributed by atoms with Crippen LogP contribution in [0.2, 0.25) is 0 Å². The minimum Gasteiger partial charge on any atom is -0.451 e. The number of nitrogens with one attached hydrogen (secondary N) is 1. The molecule has 0 radical (unpaired) electrons. The highest BCUT2D eigenvalue weighted by Gasteiger charge is 2.13. The molecule has 3 aromatic carbocycles. The van der Waals surface area contributed by atoms with E-state index in [1.807, 2.05) is 60.7 Å². The van der Waals surface area contributed by atoms with Crippen molar-refractivity contribution in [2.45, 2.75) is 0 Å². The van der Waals surface area contributed by atoms with E-state index < -0.39 is 0 Å². The molecule has 0 spiro atoms. The standard InChI is InChI=1S/C20H13BrN2O2/c21-15-6-3-4-13(10-15)12-22-23-20(24)19-11-17-16-7-2-1-5-14(16)8-9-18(17)25-19/h1-12H,(H,23,24)/b22-12+. The molecule has 0 aliphatic heterocycles. The number of amides is 1. The van der Waals surface area contributed by atoms with Crippen molar-refractivity contribution in [3.05, 3.63) is 82.5 Å². The number of furan rings is 1. The van der Waals surface area contributed by atoms with E-state index in [0.717, 1.165) is 26.2 Å². The Bertz CT molecular complexity index is 1120. The molecule has 0 aliphatic carbocycles. The van der Waals surface area contributed by atoms with Crippen LogP contribution < -0.4 is 5.43 Å². The number of rotatable bonds is 3. The first-order chi connectivity index (χ1) is 12.2. The molecule has 4 rings (SSSR count). The van der Waals surface area contributed by atoms with Gasteiger partial charge in [0.05, 0.1) is 6.21 Å². The van der Waals surface area contributed by atoms with Gasteiger partial charge in [-0.2, -0.15) is 5.10 Å². The van der Waals surface area contributed by atoms with Crippen LogP contribution in [-0.4, -0.2) is 12.1 Å². The average Bonchev–Trinajstić information content (AvgIpc) is 3.07. The maximum absolute atomic E-state index is 12.3. The summed E-state index contributed by atoms with van der Waals surface area (Å²) in [4.78, 5) is 12.3. The van der Waals surface area contributed by atoms with Crippen LogP contribution in [0, 0.1) is 0 Å². The van der Waals surface area contributed by atoms with Crippen LogP contribution in [0.15, 0.2) is 80.7 Å². The predicted molar refractivity (Wildman–Crippen MR) is 103 cm³/mol. The molecule has 0 bridgehead atoms. The quantitative estimate of drug-likeness (QED) is 0.388. The first kappa shape index (κ1) is 15.6. The van der Waals surface area contributed by atoms with Gasteiger partial charge >= 0.3 is 5.91 Å². The summed E-state index contributed by atoms with van der Waals surface area (Å²) >= 11 is 3.39. The van der Waals surface area contributed by atoms with Crippen LogP contribution in [0.5, 0.6) is 0 Å². The van der Waals surface area contributed by atoms with Crippen molar-refractivity contribution in [2.75, 3.05) is 0 Å². The molecule has 5 heteroatoms. The van der Waals surface area contributed by atoms with E-state index in [1.54, 1.807) is 12.3 Å². The van der Waals surface area contributed by atoms with Gasteiger partial charge in [0.15, 0.2) is 5.76 Å². The fourth-order valence-electron chi connectivity index (χ4n) is 2.71. The minimum atomic E-state index is -0.383. The molecule has 1 amide bonds.